The van der Waals surface area contributed by atoms with Crippen molar-refractivity contribution in [3.05, 3.63) is 65.2 Å². The standard InChI is InChI=1S/C32H38N4O5/c1-5-22-11-15-24(16-12-22)28(29(38)34-25-9-7-6-8-10-25)36(20-19-33)30(39)27(35-31(40)41-32(2,3)4)21-23-13-17-26(37)18-14-23/h1,11-18,25,27-28,37H,6-10,20-21H2,2-4H3,(H,34,38)(H,35,40). The summed E-state index contributed by atoms with van der Waals surface area (Å²) in [7, 11) is 0. The van der Waals surface area contributed by atoms with E-state index in [1.165, 1.54) is 17.0 Å². The number of nitrogens with zero attached hydrogens (tertiary/aromatic N) is 2. The lowest BCUT2D eigenvalue weighted by Crippen LogP contribution is -2.54. The fourth-order valence-corrected chi connectivity index (χ4v) is 4.85. The quantitative estimate of drug-likeness (QED) is 0.310. The molecule has 2 atom stereocenters. The first kappa shape index (κ1) is 31.0. The number of alkyl carbamates (subject to hydrolysis) is 1. The number of carbonyl (C=O) groups excluding carboxylic acids is 3. The van der Waals surface area contributed by atoms with E-state index < -0.39 is 42.1 Å². The Kier molecular flexibility index (Phi) is 10.8. The second kappa shape index (κ2) is 14.2. The van der Waals surface area contributed by atoms with Crippen LogP contribution in [0.15, 0.2) is 48.5 Å². The minimum Gasteiger partial charge on any atom is -0.508 e. The van der Waals surface area contributed by atoms with Gasteiger partial charge < -0.3 is 25.4 Å². The average Bonchev–Trinajstić information content (AvgIpc) is 2.93. The highest BCUT2D eigenvalue weighted by atomic mass is 16.6. The van der Waals surface area contributed by atoms with Crippen LogP contribution in [-0.2, 0) is 20.7 Å². The molecule has 3 rings (SSSR count). The summed E-state index contributed by atoms with van der Waals surface area (Å²) in [4.78, 5) is 42.0. The number of nitriles is 1. The van der Waals surface area contributed by atoms with E-state index in [0.717, 1.165) is 32.1 Å². The van der Waals surface area contributed by atoms with Gasteiger partial charge in [-0.25, -0.2) is 4.79 Å². The summed E-state index contributed by atoms with van der Waals surface area (Å²) in [5, 5.41) is 25.2. The van der Waals surface area contributed by atoms with Crippen molar-refractivity contribution >= 4 is 17.9 Å². The van der Waals surface area contributed by atoms with Gasteiger partial charge in [0.25, 0.3) is 0 Å². The summed E-state index contributed by atoms with van der Waals surface area (Å²) >= 11 is 0. The second-order valence-corrected chi connectivity index (χ2v) is 11.2. The molecule has 2 aromatic rings. The zero-order valence-electron chi connectivity index (χ0n) is 23.9. The molecule has 2 aromatic carbocycles. The van der Waals surface area contributed by atoms with E-state index in [2.05, 4.69) is 16.6 Å². The Balaban J connectivity index is 2.00. The van der Waals surface area contributed by atoms with Gasteiger partial charge in [-0.15, -0.1) is 6.42 Å². The number of amides is 3. The van der Waals surface area contributed by atoms with E-state index >= 15 is 0 Å². The number of hydrogen-bond acceptors (Lipinski definition) is 6. The summed E-state index contributed by atoms with van der Waals surface area (Å²) in [6, 6.07) is 12.6. The number of ether oxygens (including phenoxy) is 1. The fourth-order valence-electron chi connectivity index (χ4n) is 4.85. The van der Waals surface area contributed by atoms with E-state index in [9.17, 15) is 24.8 Å². The lowest BCUT2D eigenvalue weighted by atomic mass is 9.94. The number of benzene rings is 2. The Morgan fingerprint density at radius 3 is 2.27 bits per heavy atom. The van der Waals surface area contributed by atoms with Crippen molar-refractivity contribution < 1.29 is 24.2 Å². The van der Waals surface area contributed by atoms with Crippen molar-refractivity contribution in [2.24, 2.45) is 0 Å². The number of carbonyl (C=O) groups is 3. The maximum absolute atomic E-state index is 14.2. The van der Waals surface area contributed by atoms with Gasteiger partial charge in [-0.2, -0.15) is 5.26 Å². The van der Waals surface area contributed by atoms with Gasteiger partial charge in [0, 0.05) is 18.0 Å². The van der Waals surface area contributed by atoms with Gasteiger partial charge in [-0.3, -0.25) is 9.59 Å². The van der Waals surface area contributed by atoms with Crippen LogP contribution in [0.3, 0.4) is 0 Å². The number of aromatic hydroxyl groups is 1. The molecule has 0 saturated heterocycles. The minimum absolute atomic E-state index is 0.0320. The highest BCUT2D eigenvalue weighted by Crippen LogP contribution is 2.26. The lowest BCUT2D eigenvalue weighted by molar-refractivity contribution is -0.142. The number of phenols is 1. The van der Waals surface area contributed by atoms with Crippen molar-refractivity contribution in [2.75, 3.05) is 6.54 Å². The molecule has 9 nitrogen and oxygen atoms in total. The first-order chi connectivity index (χ1) is 19.5. The molecule has 0 heterocycles. The molecule has 1 saturated carbocycles. The van der Waals surface area contributed by atoms with Crippen molar-refractivity contribution in [3.63, 3.8) is 0 Å². The number of nitrogens with one attached hydrogen (secondary N) is 2. The highest BCUT2D eigenvalue weighted by molar-refractivity contribution is 5.92. The topological polar surface area (TPSA) is 132 Å². The summed E-state index contributed by atoms with van der Waals surface area (Å²) in [5.74, 6) is 1.56. The largest absolute Gasteiger partial charge is 0.508 e. The van der Waals surface area contributed by atoms with Crippen LogP contribution in [0.1, 0.15) is 75.6 Å². The Morgan fingerprint density at radius 2 is 1.71 bits per heavy atom. The van der Waals surface area contributed by atoms with Gasteiger partial charge in [0.1, 0.15) is 30.0 Å². The molecule has 0 aliphatic heterocycles. The molecular weight excluding hydrogens is 520 g/mol. The number of phenolic OH excluding ortho intramolecular Hbond substituents is 1. The highest BCUT2D eigenvalue weighted by Gasteiger charge is 2.37. The predicted molar refractivity (Wildman–Crippen MR) is 154 cm³/mol. The number of hydrogen-bond donors (Lipinski definition) is 3. The normalized spacial score (nSPS) is 15.0. The maximum Gasteiger partial charge on any atom is 0.408 e. The summed E-state index contributed by atoms with van der Waals surface area (Å²) in [6.07, 6.45) is 9.53. The monoisotopic (exact) mass is 558 g/mol. The molecule has 1 aliphatic carbocycles. The summed E-state index contributed by atoms with van der Waals surface area (Å²) in [5.41, 5.74) is 0.927. The van der Waals surface area contributed by atoms with Crippen molar-refractivity contribution in [2.45, 2.75) is 83.0 Å². The molecule has 1 fully saturated rings. The first-order valence-electron chi connectivity index (χ1n) is 13.8. The predicted octanol–water partition coefficient (Wildman–Crippen LogP) is 4.35. The molecular formula is C32H38N4O5. The van der Waals surface area contributed by atoms with Crippen molar-refractivity contribution in [1.82, 2.24) is 15.5 Å². The molecule has 2 unspecified atom stereocenters. The second-order valence-electron chi connectivity index (χ2n) is 11.2. The van der Waals surface area contributed by atoms with Gasteiger partial charge in [0.05, 0.1) is 6.07 Å². The fraction of sp³-hybridized carbons (Fsp3) is 0.438. The van der Waals surface area contributed by atoms with Gasteiger partial charge >= 0.3 is 6.09 Å². The smallest absolute Gasteiger partial charge is 0.408 e. The molecule has 3 amide bonds. The molecule has 9 heteroatoms. The SMILES string of the molecule is C#Cc1ccc(C(C(=O)NC2CCCCC2)N(CC#N)C(=O)C(Cc2ccc(O)cc2)NC(=O)OC(C)(C)C)cc1. The van der Waals surface area contributed by atoms with Gasteiger partial charge in [-0.1, -0.05) is 49.4 Å². The third-order valence-corrected chi connectivity index (χ3v) is 6.79. The Morgan fingerprint density at radius 1 is 1.07 bits per heavy atom. The number of terminal acetylenes is 1. The lowest BCUT2D eigenvalue weighted by Gasteiger charge is -2.34. The molecule has 1 aliphatic rings. The number of rotatable bonds is 9. The zero-order valence-corrected chi connectivity index (χ0v) is 23.9. The van der Waals surface area contributed by atoms with E-state index in [1.807, 2.05) is 6.07 Å². The van der Waals surface area contributed by atoms with E-state index in [4.69, 9.17) is 11.2 Å². The zero-order chi connectivity index (χ0) is 30.0. The maximum atomic E-state index is 14.2. The molecule has 216 valence electrons. The average molecular weight is 559 g/mol. The van der Waals surface area contributed by atoms with Crippen molar-refractivity contribution in [1.29, 1.82) is 5.26 Å². The molecule has 0 radical (unpaired) electrons. The van der Waals surface area contributed by atoms with Gasteiger partial charge in [0.15, 0.2) is 0 Å². The molecule has 0 spiro atoms. The van der Waals surface area contributed by atoms with Crippen LogP contribution < -0.4 is 10.6 Å². The molecule has 0 aromatic heterocycles. The van der Waals surface area contributed by atoms with Crippen LogP contribution in [-0.4, -0.2) is 52.1 Å². The summed E-state index contributed by atoms with van der Waals surface area (Å²) < 4.78 is 5.41. The van der Waals surface area contributed by atoms with E-state index in [-0.39, 0.29) is 18.2 Å². The van der Waals surface area contributed by atoms with Crippen LogP contribution in [0.2, 0.25) is 0 Å². The third kappa shape index (κ3) is 9.29. The Bertz CT molecular complexity index is 1280. The van der Waals surface area contributed by atoms with Crippen molar-refractivity contribution in [3.8, 4) is 24.2 Å². The van der Waals surface area contributed by atoms with Crippen LogP contribution in [0.25, 0.3) is 0 Å². The van der Waals surface area contributed by atoms with Crippen LogP contribution >= 0.6 is 0 Å². The summed E-state index contributed by atoms with van der Waals surface area (Å²) in [6.45, 7) is 4.71. The molecule has 41 heavy (non-hydrogen) atoms. The molecule has 3 N–H and O–H groups in total. The Hall–Kier alpha value is -4.50. The van der Waals surface area contributed by atoms with E-state index in [1.54, 1.807) is 57.2 Å². The minimum atomic E-state index is -1.17. The van der Waals surface area contributed by atoms with Crippen LogP contribution in [0.4, 0.5) is 4.79 Å². The Labute approximate surface area is 241 Å². The van der Waals surface area contributed by atoms with E-state index in [0.29, 0.717) is 16.7 Å². The third-order valence-electron chi connectivity index (χ3n) is 6.79. The first-order valence-corrected chi connectivity index (χ1v) is 13.8. The van der Waals surface area contributed by atoms with Crippen LogP contribution in [0, 0.1) is 23.7 Å². The molecule has 0 bridgehead atoms. The van der Waals surface area contributed by atoms with Gasteiger partial charge in [0.2, 0.25) is 11.8 Å². The van der Waals surface area contributed by atoms with Gasteiger partial charge in [-0.05, 0) is 69.0 Å². The van der Waals surface area contributed by atoms with Crippen LogP contribution in [0.5, 0.6) is 5.75 Å².